The first-order chi connectivity index (χ1) is 2.27. The van der Waals surface area contributed by atoms with Gasteiger partial charge in [-0.25, -0.2) is 5.14 Å². The van der Waals surface area contributed by atoms with Crippen LogP contribution in [0.15, 0.2) is 0 Å². The van der Waals surface area contributed by atoms with E-state index in [-0.39, 0.29) is 0 Å². The van der Waals surface area contributed by atoms with Crippen molar-refractivity contribution < 1.29 is 4.57 Å². The lowest BCUT2D eigenvalue weighted by molar-refractivity contribution is 0.603. The molecule has 0 rings (SSSR count). The van der Waals surface area contributed by atoms with Gasteiger partial charge in [-0.2, -0.15) is 0 Å². The normalized spacial score (nSPS) is 11.2. The smallest absolute Gasteiger partial charge is 0.294 e. The van der Waals surface area contributed by atoms with Crippen LogP contribution in [0, 0.1) is 0 Å². The van der Waals surface area contributed by atoms with E-state index in [9.17, 15) is 4.57 Å². The molecule has 0 aromatic heterocycles. The summed E-state index contributed by atoms with van der Waals surface area (Å²) >= 11 is 4.83. The van der Waals surface area contributed by atoms with Crippen LogP contribution < -0.4 is 5.14 Å². The van der Waals surface area contributed by atoms with Crippen molar-refractivity contribution in [1.29, 1.82) is 0 Å². The molecule has 0 spiro atoms. The molecule has 2 N–H and O–H groups in total. The second kappa shape index (κ2) is 2.97. The number of hydrogen-bond donors (Lipinski definition) is 1. The van der Waals surface area contributed by atoms with Gasteiger partial charge < -0.3 is 12.2 Å². The van der Waals surface area contributed by atoms with Crippen LogP contribution in [-0.4, -0.2) is 0 Å². The zero-order chi connectivity index (χ0) is 4.28. The zero-order valence-electron chi connectivity index (χ0n) is 2.25. The monoisotopic (exact) mass is 127 g/mol. The van der Waals surface area contributed by atoms with Gasteiger partial charge in [-0.1, -0.05) is 4.57 Å². The molecular formula is H2NOPS2. The van der Waals surface area contributed by atoms with E-state index in [4.69, 9.17) is 5.14 Å². The van der Waals surface area contributed by atoms with E-state index in [2.05, 4.69) is 12.2 Å². The van der Waals surface area contributed by atoms with Crippen molar-refractivity contribution in [3.05, 3.63) is 0 Å². The molecule has 0 amide bonds. The minimum atomic E-state index is -1.57. The van der Waals surface area contributed by atoms with Gasteiger partial charge in [-0.15, -0.1) is 0 Å². The van der Waals surface area contributed by atoms with Crippen LogP contribution in [0.4, 0.5) is 0 Å². The van der Waals surface area contributed by atoms with Crippen molar-refractivity contribution in [2.24, 2.45) is 5.14 Å². The topological polar surface area (TPSA) is 43.1 Å². The summed E-state index contributed by atoms with van der Waals surface area (Å²) in [5.41, 5.74) is 0. The Hall–Kier alpha value is 0.760. The molecule has 2 nitrogen and oxygen atoms in total. The standard InChI is InChI=1S/H2NOPS2/c1-5-3(2)4/h1H2. The van der Waals surface area contributed by atoms with Crippen molar-refractivity contribution in [3.63, 3.8) is 0 Å². The molecular weight excluding hydrogens is 125 g/mol. The number of hydrogen-bond acceptors (Lipinski definition) is 4. The van der Waals surface area contributed by atoms with Crippen LogP contribution in [0.25, 0.3) is 0 Å². The van der Waals surface area contributed by atoms with Gasteiger partial charge in [0.05, 0.1) is 0 Å². The van der Waals surface area contributed by atoms with Crippen LogP contribution in [0.3, 0.4) is 0 Å². The highest BCUT2D eigenvalue weighted by molar-refractivity contribution is 8.73. The summed E-state index contributed by atoms with van der Waals surface area (Å²) < 4.78 is 9.61. The zero-order valence-corrected chi connectivity index (χ0v) is 4.78. The van der Waals surface area contributed by atoms with Crippen molar-refractivity contribution in [1.82, 2.24) is 0 Å². The molecule has 0 saturated heterocycles. The highest BCUT2D eigenvalue weighted by Crippen LogP contribution is 2.27. The molecule has 5 heavy (non-hydrogen) atoms. The molecule has 0 radical (unpaired) electrons. The summed E-state index contributed by atoms with van der Waals surface area (Å²) in [4.78, 5) is 0. The third kappa shape index (κ3) is 4.76. The Balaban J connectivity index is 2.85. The second-order valence-corrected chi connectivity index (χ2v) is 4.30. The summed E-state index contributed by atoms with van der Waals surface area (Å²) in [7, 11) is 0. The predicted molar refractivity (Wildman–Crippen MR) is 26.7 cm³/mol. The van der Waals surface area contributed by atoms with Crippen LogP contribution in [0.5, 0.6) is 0 Å². The Morgan fingerprint density at radius 1 is 2.00 bits per heavy atom. The number of rotatable bonds is 1. The minimum Gasteiger partial charge on any atom is -0.430 e. The van der Waals surface area contributed by atoms with Crippen molar-refractivity contribution >= 4 is 30.0 Å². The Kier molecular flexibility index (Phi) is 3.42. The SMILES string of the molecule is NS[P+](=O)[S-]. The van der Waals surface area contributed by atoms with E-state index in [1.54, 1.807) is 0 Å². The molecule has 0 bridgehead atoms. The summed E-state index contributed by atoms with van der Waals surface area (Å²) in [6.45, 7) is 0. The summed E-state index contributed by atoms with van der Waals surface area (Å²) in [6.07, 6.45) is -1.57. The Morgan fingerprint density at radius 2 is 2.20 bits per heavy atom. The second-order valence-electron chi connectivity index (χ2n) is 0.329. The molecule has 0 aromatic rings. The molecule has 0 fully saturated rings. The first kappa shape index (κ1) is 5.76. The van der Waals surface area contributed by atoms with E-state index < -0.39 is 6.20 Å². The largest absolute Gasteiger partial charge is 0.430 e. The lowest BCUT2D eigenvalue weighted by Crippen LogP contribution is -1.63. The third-order valence-corrected chi connectivity index (χ3v) is 1.55. The van der Waals surface area contributed by atoms with Crippen LogP contribution in [0.1, 0.15) is 0 Å². The van der Waals surface area contributed by atoms with Gasteiger partial charge >= 0.3 is 0 Å². The van der Waals surface area contributed by atoms with Gasteiger partial charge in [0.2, 0.25) is 0 Å². The Morgan fingerprint density at radius 3 is 2.20 bits per heavy atom. The third-order valence-electron chi connectivity index (χ3n) is 0.0861. The fraction of sp³-hybridized carbons (Fsp3) is 0. The van der Waals surface area contributed by atoms with E-state index >= 15 is 0 Å². The van der Waals surface area contributed by atoms with Crippen molar-refractivity contribution in [2.45, 2.75) is 0 Å². The molecule has 1 atom stereocenters. The van der Waals surface area contributed by atoms with E-state index in [1.807, 2.05) is 0 Å². The van der Waals surface area contributed by atoms with E-state index in [1.165, 1.54) is 0 Å². The fourth-order valence-electron chi connectivity index (χ4n) is 0. The summed E-state index contributed by atoms with van der Waals surface area (Å²) in [5, 5.41) is 4.70. The molecule has 0 aliphatic rings. The molecule has 0 aliphatic heterocycles. The average molecular weight is 127 g/mol. The van der Waals surface area contributed by atoms with Crippen molar-refractivity contribution in [3.8, 4) is 0 Å². The van der Waals surface area contributed by atoms with Crippen LogP contribution >= 0.6 is 17.8 Å². The molecule has 30 valence electrons. The van der Waals surface area contributed by atoms with Gasteiger partial charge in [-0.3, -0.25) is 0 Å². The highest BCUT2D eigenvalue weighted by atomic mass is 33.1. The quantitative estimate of drug-likeness (QED) is 0.321. The summed E-state index contributed by atoms with van der Waals surface area (Å²) in [5.74, 6) is 0. The number of nitrogens with two attached hydrogens (primary N) is 1. The van der Waals surface area contributed by atoms with Crippen LogP contribution in [0.2, 0.25) is 0 Å². The average Bonchev–Trinajstić information content (AvgIpc) is 1.38. The highest BCUT2D eigenvalue weighted by Gasteiger charge is 1.84. The van der Waals surface area contributed by atoms with Gasteiger partial charge in [-0.05, 0) is 0 Å². The summed E-state index contributed by atoms with van der Waals surface area (Å²) in [6, 6.07) is 0. The lowest BCUT2D eigenvalue weighted by Gasteiger charge is -1.68. The Labute approximate surface area is 40.3 Å². The van der Waals surface area contributed by atoms with Gasteiger partial charge in [0.15, 0.2) is 11.6 Å². The molecule has 1 unspecified atom stereocenters. The predicted octanol–water partition coefficient (Wildman–Crippen LogP) is 0.798. The Bertz CT molecular complexity index is 44.9. The van der Waals surface area contributed by atoms with Gasteiger partial charge in [0.1, 0.15) is 0 Å². The van der Waals surface area contributed by atoms with Gasteiger partial charge in [0.25, 0.3) is 6.20 Å². The fourth-order valence-corrected chi connectivity index (χ4v) is 0. The van der Waals surface area contributed by atoms with E-state index in [0.29, 0.717) is 11.6 Å². The lowest BCUT2D eigenvalue weighted by atomic mass is 14.0. The molecule has 0 heterocycles. The maximum atomic E-state index is 9.61. The van der Waals surface area contributed by atoms with Crippen molar-refractivity contribution in [2.75, 3.05) is 0 Å². The molecule has 0 aliphatic carbocycles. The van der Waals surface area contributed by atoms with Gasteiger partial charge in [0, 0.05) is 0 Å². The maximum Gasteiger partial charge on any atom is 0.294 e. The maximum absolute atomic E-state index is 9.61. The molecule has 0 saturated carbocycles. The van der Waals surface area contributed by atoms with E-state index in [0.717, 1.165) is 0 Å². The minimum absolute atomic E-state index is 0.704. The molecule has 5 heteroatoms. The first-order valence-electron chi connectivity index (χ1n) is 0.783. The van der Waals surface area contributed by atoms with Crippen LogP contribution in [-0.2, 0) is 16.8 Å². The molecule has 0 aromatic carbocycles. The first-order valence-corrected chi connectivity index (χ1v) is 4.54.